The monoisotopic (exact) mass is 438 g/mol. The van der Waals surface area contributed by atoms with Gasteiger partial charge in [0.1, 0.15) is 0 Å². The molecule has 0 radical (unpaired) electrons. The van der Waals surface area contributed by atoms with Gasteiger partial charge >= 0.3 is 0 Å². The summed E-state index contributed by atoms with van der Waals surface area (Å²) in [5, 5.41) is 0.594. The molecule has 3 heterocycles. The number of aryl methyl sites for hydroxylation is 1. The van der Waals surface area contributed by atoms with Gasteiger partial charge < -0.3 is 14.2 Å². The number of pyridine rings is 1. The molecular formula is C23H23ClN4O3. The Labute approximate surface area is 185 Å². The number of carbonyl (C=O) groups excluding carboxylic acids is 2. The topological polar surface area (TPSA) is 79.5 Å². The minimum atomic E-state index is 0.0364. The summed E-state index contributed by atoms with van der Waals surface area (Å²) < 4.78 is 5.77. The first-order chi connectivity index (χ1) is 15.1. The van der Waals surface area contributed by atoms with Crippen LogP contribution in [0.4, 0.5) is 0 Å². The third-order valence-corrected chi connectivity index (χ3v) is 5.62. The van der Waals surface area contributed by atoms with Gasteiger partial charge in [0, 0.05) is 56.5 Å². The normalized spacial score (nSPS) is 14.0. The molecule has 0 aliphatic carbocycles. The molecule has 31 heavy (non-hydrogen) atoms. The molecule has 1 aliphatic heterocycles. The molecule has 2 amide bonds. The van der Waals surface area contributed by atoms with Gasteiger partial charge in [-0.3, -0.25) is 14.6 Å². The number of benzene rings is 1. The third kappa shape index (κ3) is 5.30. The Balaban J connectivity index is 1.24. The molecule has 0 saturated carbocycles. The Bertz CT molecular complexity index is 1050. The summed E-state index contributed by atoms with van der Waals surface area (Å²) >= 11 is 6.20. The molecule has 0 unspecified atom stereocenters. The molecule has 8 heteroatoms. The number of aromatic nitrogens is 2. The van der Waals surface area contributed by atoms with Crippen molar-refractivity contribution in [2.24, 2.45) is 0 Å². The lowest BCUT2D eigenvalue weighted by molar-refractivity contribution is -0.139. The smallest absolute Gasteiger partial charge is 0.228 e. The van der Waals surface area contributed by atoms with Gasteiger partial charge in [0.15, 0.2) is 11.7 Å². The molecule has 0 spiro atoms. The molecule has 0 N–H and O–H groups in total. The molecule has 1 aliphatic rings. The van der Waals surface area contributed by atoms with Crippen molar-refractivity contribution in [1.29, 1.82) is 0 Å². The summed E-state index contributed by atoms with van der Waals surface area (Å²) in [6.45, 7) is 2.13. The predicted octanol–water partition coefficient (Wildman–Crippen LogP) is 3.24. The number of piperazine rings is 1. The van der Waals surface area contributed by atoms with E-state index in [0.717, 1.165) is 11.3 Å². The van der Waals surface area contributed by atoms with E-state index in [1.165, 1.54) is 0 Å². The second-order valence-corrected chi connectivity index (χ2v) is 7.76. The molecule has 1 saturated heterocycles. The van der Waals surface area contributed by atoms with Crippen molar-refractivity contribution in [3.05, 3.63) is 71.5 Å². The maximum atomic E-state index is 12.6. The van der Waals surface area contributed by atoms with Crippen molar-refractivity contribution < 1.29 is 14.0 Å². The molecule has 4 rings (SSSR count). The zero-order valence-electron chi connectivity index (χ0n) is 17.0. The quantitative estimate of drug-likeness (QED) is 0.590. The summed E-state index contributed by atoms with van der Waals surface area (Å²) in [5.74, 6) is 1.17. The first-order valence-corrected chi connectivity index (χ1v) is 10.6. The number of halogens is 1. The van der Waals surface area contributed by atoms with E-state index in [0.29, 0.717) is 55.7 Å². The highest BCUT2D eigenvalue weighted by molar-refractivity contribution is 6.33. The van der Waals surface area contributed by atoms with Crippen molar-refractivity contribution in [2.45, 2.75) is 19.3 Å². The van der Waals surface area contributed by atoms with E-state index in [-0.39, 0.29) is 18.2 Å². The summed E-state index contributed by atoms with van der Waals surface area (Å²) in [5.41, 5.74) is 1.54. The van der Waals surface area contributed by atoms with E-state index in [1.54, 1.807) is 28.3 Å². The van der Waals surface area contributed by atoms with Gasteiger partial charge in [-0.1, -0.05) is 29.8 Å². The van der Waals surface area contributed by atoms with Crippen LogP contribution in [0.2, 0.25) is 5.02 Å². The molecule has 0 bridgehead atoms. The number of nitrogens with zero attached hydrogens (tertiary/aromatic N) is 4. The third-order valence-electron chi connectivity index (χ3n) is 5.29. The zero-order chi connectivity index (χ0) is 21.6. The minimum absolute atomic E-state index is 0.0364. The molecule has 160 valence electrons. The Morgan fingerprint density at radius 2 is 1.65 bits per heavy atom. The van der Waals surface area contributed by atoms with Gasteiger partial charge in [0.25, 0.3) is 0 Å². The molecule has 0 atom stereocenters. The lowest BCUT2D eigenvalue weighted by atomic mass is 10.2. The molecule has 3 aromatic rings. The van der Waals surface area contributed by atoms with Crippen LogP contribution < -0.4 is 0 Å². The van der Waals surface area contributed by atoms with Crippen LogP contribution in [0.1, 0.15) is 18.0 Å². The Hall–Kier alpha value is -3.19. The van der Waals surface area contributed by atoms with Crippen molar-refractivity contribution in [3.8, 4) is 11.3 Å². The first kappa shape index (κ1) is 21.1. The highest BCUT2D eigenvalue weighted by Gasteiger charge is 2.24. The standard InChI is InChI=1S/C23H23ClN4O3/c24-19-7-2-1-6-18(19)20-16-26-21(31-20)8-9-22(29)27-11-13-28(14-12-27)23(30)15-17-5-3-4-10-25-17/h1-7,10,16H,8-9,11-15H2. The second kappa shape index (κ2) is 9.75. The average molecular weight is 439 g/mol. The Kier molecular flexibility index (Phi) is 6.62. The highest BCUT2D eigenvalue weighted by Crippen LogP contribution is 2.28. The van der Waals surface area contributed by atoms with Gasteiger partial charge in [-0.05, 0) is 24.3 Å². The van der Waals surface area contributed by atoms with Gasteiger partial charge in [-0.2, -0.15) is 0 Å². The van der Waals surface area contributed by atoms with Gasteiger partial charge in [0.05, 0.1) is 17.6 Å². The first-order valence-electron chi connectivity index (χ1n) is 10.3. The molecule has 7 nitrogen and oxygen atoms in total. The van der Waals surface area contributed by atoms with Crippen LogP contribution in [0.3, 0.4) is 0 Å². The fraction of sp³-hybridized carbons (Fsp3) is 0.304. The van der Waals surface area contributed by atoms with Crippen LogP contribution in [-0.2, 0) is 22.4 Å². The maximum absolute atomic E-state index is 12.6. The fourth-order valence-electron chi connectivity index (χ4n) is 3.56. The van der Waals surface area contributed by atoms with Crippen molar-refractivity contribution in [1.82, 2.24) is 19.8 Å². The zero-order valence-corrected chi connectivity index (χ0v) is 17.8. The SMILES string of the molecule is O=C(CCc1ncc(-c2ccccc2Cl)o1)N1CCN(C(=O)Cc2ccccn2)CC1. The lowest BCUT2D eigenvalue weighted by Gasteiger charge is -2.34. The van der Waals surface area contributed by atoms with Crippen molar-refractivity contribution in [3.63, 3.8) is 0 Å². The number of rotatable bonds is 6. The summed E-state index contributed by atoms with van der Waals surface area (Å²) in [7, 11) is 0. The van der Waals surface area contributed by atoms with E-state index in [9.17, 15) is 9.59 Å². The molecule has 1 aromatic carbocycles. The summed E-state index contributed by atoms with van der Waals surface area (Å²) in [6.07, 6.45) is 4.33. The minimum Gasteiger partial charge on any atom is -0.441 e. The van der Waals surface area contributed by atoms with Crippen LogP contribution in [0, 0.1) is 0 Å². The van der Waals surface area contributed by atoms with E-state index in [1.807, 2.05) is 36.4 Å². The molecular weight excluding hydrogens is 416 g/mol. The van der Waals surface area contributed by atoms with Crippen LogP contribution in [0.5, 0.6) is 0 Å². The van der Waals surface area contributed by atoms with E-state index >= 15 is 0 Å². The number of carbonyl (C=O) groups is 2. The molecule has 2 aromatic heterocycles. The van der Waals surface area contributed by atoms with Crippen molar-refractivity contribution in [2.75, 3.05) is 26.2 Å². The van der Waals surface area contributed by atoms with Crippen LogP contribution in [-0.4, -0.2) is 57.8 Å². The summed E-state index contributed by atoms with van der Waals surface area (Å²) in [4.78, 5) is 37.1. The Morgan fingerprint density at radius 3 is 2.35 bits per heavy atom. The second-order valence-electron chi connectivity index (χ2n) is 7.36. The number of amides is 2. The summed E-state index contributed by atoms with van der Waals surface area (Å²) in [6, 6.07) is 12.9. The van der Waals surface area contributed by atoms with Gasteiger partial charge in [0.2, 0.25) is 11.8 Å². The fourth-order valence-corrected chi connectivity index (χ4v) is 3.79. The highest BCUT2D eigenvalue weighted by atomic mass is 35.5. The number of hydrogen-bond donors (Lipinski definition) is 0. The van der Waals surface area contributed by atoms with E-state index < -0.39 is 0 Å². The van der Waals surface area contributed by atoms with Crippen molar-refractivity contribution >= 4 is 23.4 Å². The van der Waals surface area contributed by atoms with E-state index in [2.05, 4.69) is 9.97 Å². The van der Waals surface area contributed by atoms with Crippen LogP contribution in [0.25, 0.3) is 11.3 Å². The van der Waals surface area contributed by atoms with Gasteiger partial charge in [-0.15, -0.1) is 0 Å². The predicted molar refractivity (Wildman–Crippen MR) is 116 cm³/mol. The van der Waals surface area contributed by atoms with E-state index in [4.69, 9.17) is 16.0 Å². The number of hydrogen-bond acceptors (Lipinski definition) is 5. The number of oxazole rings is 1. The molecule has 1 fully saturated rings. The largest absolute Gasteiger partial charge is 0.441 e. The Morgan fingerprint density at radius 1 is 0.935 bits per heavy atom. The maximum Gasteiger partial charge on any atom is 0.228 e. The lowest BCUT2D eigenvalue weighted by Crippen LogP contribution is -2.51. The average Bonchev–Trinajstić information content (AvgIpc) is 3.27. The van der Waals surface area contributed by atoms with Crippen LogP contribution >= 0.6 is 11.6 Å². The van der Waals surface area contributed by atoms with Gasteiger partial charge in [-0.25, -0.2) is 4.98 Å². The van der Waals surface area contributed by atoms with Crippen LogP contribution in [0.15, 0.2) is 59.3 Å².